The first-order valence-electron chi connectivity index (χ1n) is 10.0. The second-order valence-corrected chi connectivity index (χ2v) is 8.56. The Hall–Kier alpha value is -2.63. The smallest absolute Gasteiger partial charge is 0.242 e. The number of carbonyl (C=O) groups is 2. The molecule has 0 heterocycles. The summed E-state index contributed by atoms with van der Waals surface area (Å²) in [7, 11) is 1.59. The summed E-state index contributed by atoms with van der Waals surface area (Å²) in [6.45, 7) is 0.321. The van der Waals surface area contributed by atoms with Gasteiger partial charge >= 0.3 is 0 Å². The van der Waals surface area contributed by atoms with Crippen LogP contribution in [0.25, 0.3) is 0 Å². The third kappa shape index (κ3) is 6.42. The third-order valence-electron chi connectivity index (χ3n) is 5.08. The number of hydrogen-bond acceptors (Lipinski definition) is 2. The Morgan fingerprint density at radius 1 is 0.935 bits per heavy atom. The first-order valence-corrected chi connectivity index (χ1v) is 11.2. The normalized spacial score (nSPS) is 11.6. The topological polar surface area (TPSA) is 49.4 Å². The number of carbonyl (C=O) groups excluding carboxylic acids is 2. The van der Waals surface area contributed by atoms with Crippen molar-refractivity contribution < 1.29 is 9.59 Å². The van der Waals surface area contributed by atoms with Gasteiger partial charge in [-0.3, -0.25) is 9.59 Å². The van der Waals surface area contributed by atoms with Crippen molar-refractivity contribution in [1.29, 1.82) is 0 Å². The van der Waals surface area contributed by atoms with E-state index < -0.39 is 6.04 Å². The lowest BCUT2D eigenvalue weighted by Crippen LogP contribution is -2.50. The number of benzene rings is 3. The molecule has 31 heavy (non-hydrogen) atoms. The van der Waals surface area contributed by atoms with Gasteiger partial charge in [0.25, 0.3) is 0 Å². The van der Waals surface area contributed by atoms with Crippen molar-refractivity contribution in [2.24, 2.45) is 0 Å². The average molecular weight is 500 g/mol. The summed E-state index contributed by atoms with van der Waals surface area (Å²) in [5.41, 5.74) is 2.67. The molecule has 0 aromatic heterocycles. The molecule has 0 aliphatic rings. The van der Waals surface area contributed by atoms with Crippen LogP contribution in [-0.4, -0.2) is 29.8 Å². The summed E-state index contributed by atoms with van der Waals surface area (Å²) in [6.07, 6.45) is 0.545. The van der Waals surface area contributed by atoms with Gasteiger partial charge in [-0.1, -0.05) is 88.2 Å². The maximum Gasteiger partial charge on any atom is 0.242 e. The first kappa shape index (κ1) is 23.0. The number of halogens is 2. The van der Waals surface area contributed by atoms with Crippen LogP contribution in [0.4, 0.5) is 0 Å². The first-order chi connectivity index (χ1) is 15.0. The van der Waals surface area contributed by atoms with Gasteiger partial charge in [-0.15, -0.1) is 0 Å². The van der Waals surface area contributed by atoms with Crippen molar-refractivity contribution in [3.63, 3.8) is 0 Å². The van der Waals surface area contributed by atoms with Crippen LogP contribution in [0.1, 0.15) is 16.7 Å². The number of nitrogens with zero attached hydrogens (tertiary/aromatic N) is 1. The minimum Gasteiger partial charge on any atom is -0.357 e. The van der Waals surface area contributed by atoms with Crippen LogP contribution in [0.2, 0.25) is 5.02 Å². The van der Waals surface area contributed by atoms with Gasteiger partial charge in [0.2, 0.25) is 11.8 Å². The molecule has 0 saturated heterocycles. The van der Waals surface area contributed by atoms with Gasteiger partial charge in [0.05, 0.1) is 6.42 Å². The second kappa shape index (κ2) is 11.1. The molecular formula is C25H24BrClN2O2. The predicted octanol–water partition coefficient (Wildman–Crippen LogP) is 5.03. The molecule has 6 heteroatoms. The molecule has 160 valence electrons. The number of hydrogen-bond donors (Lipinski definition) is 1. The van der Waals surface area contributed by atoms with Crippen molar-refractivity contribution in [2.75, 3.05) is 7.05 Å². The number of rotatable bonds is 8. The van der Waals surface area contributed by atoms with E-state index in [0.29, 0.717) is 18.0 Å². The zero-order chi connectivity index (χ0) is 22.2. The van der Waals surface area contributed by atoms with E-state index in [2.05, 4.69) is 21.2 Å². The molecule has 3 aromatic rings. The molecule has 0 radical (unpaired) electrons. The van der Waals surface area contributed by atoms with Crippen LogP contribution in [-0.2, 0) is 29.0 Å². The van der Waals surface area contributed by atoms with E-state index in [0.717, 1.165) is 21.2 Å². The molecule has 0 fully saturated rings. The maximum atomic E-state index is 13.5. The van der Waals surface area contributed by atoms with E-state index >= 15 is 0 Å². The number of nitrogens with one attached hydrogen (secondary N) is 1. The SMILES string of the molecule is CNC(=O)[C@H](Cc1ccccc1)N(Cc1ccc(Br)cc1)C(=O)Cc1ccccc1Cl. The summed E-state index contributed by atoms with van der Waals surface area (Å²) >= 11 is 9.74. The zero-order valence-corrected chi connectivity index (χ0v) is 19.6. The fraction of sp³-hybridized carbons (Fsp3) is 0.200. The minimum atomic E-state index is -0.647. The second-order valence-electron chi connectivity index (χ2n) is 7.24. The molecule has 3 aromatic carbocycles. The lowest BCUT2D eigenvalue weighted by atomic mass is 10.0. The molecule has 4 nitrogen and oxygen atoms in total. The van der Waals surface area contributed by atoms with E-state index in [1.807, 2.05) is 72.8 Å². The quantitative estimate of drug-likeness (QED) is 0.472. The van der Waals surface area contributed by atoms with Crippen LogP contribution < -0.4 is 5.32 Å². The summed E-state index contributed by atoms with van der Waals surface area (Å²) < 4.78 is 0.956. The lowest BCUT2D eigenvalue weighted by Gasteiger charge is -2.31. The minimum absolute atomic E-state index is 0.123. The Bertz CT molecular complexity index is 1030. The monoisotopic (exact) mass is 498 g/mol. The van der Waals surface area contributed by atoms with Crippen LogP contribution in [0.5, 0.6) is 0 Å². The van der Waals surface area contributed by atoms with Crippen LogP contribution in [0.15, 0.2) is 83.3 Å². The molecule has 0 aliphatic heterocycles. The molecule has 0 spiro atoms. The number of amides is 2. The van der Waals surface area contributed by atoms with Crippen molar-refractivity contribution in [2.45, 2.75) is 25.4 Å². The Morgan fingerprint density at radius 3 is 2.23 bits per heavy atom. The van der Waals surface area contributed by atoms with Crippen LogP contribution >= 0.6 is 27.5 Å². The molecular weight excluding hydrogens is 476 g/mol. The Labute approximate surface area is 196 Å². The summed E-state index contributed by atoms with van der Waals surface area (Å²) in [5.74, 6) is -0.353. The van der Waals surface area contributed by atoms with Gasteiger partial charge in [-0.2, -0.15) is 0 Å². The van der Waals surface area contributed by atoms with E-state index in [-0.39, 0.29) is 18.2 Å². The summed E-state index contributed by atoms with van der Waals surface area (Å²) in [6, 6.07) is 24.1. The van der Waals surface area contributed by atoms with Gasteiger partial charge in [-0.05, 0) is 34.9 Å². The van der Waals surface area contributed by atoms with Crippen molar-refractivity contribution in [3.05, 3.63) is 105 Å². The average Bonchev–Trinajstić information content (AvgIpc) is 2.79. The van der Waals surface area contributed by atoms with Crippen molar-refractivity contribution in [1.82, 2.24) is 10.2 Å². The van der Waals surface area contributed by atoms with E-state index in [9.17, 15) is 9.59 Å². The highest BCUT2D eigenvalue weighted by Crippen LogP contribution is 2.21. The summed E-state index contributed by atoms with van der Waals surface area (Å²) in [5, 5.41) is 3.27. The Kier molecular flexibility index (Phi) is 8.27. The number of likely N-dealkylation sites (N-methyl/N-ethyl adjacent to an activating group) is 1. The van der Waals surface area contributed by atoms with Crippen molar-refractivity contribution >= 4 is 39.3 Å². The fourth-order valence-electron chi connectivity index (χ4n) is 3.41. The third-order valence-corrected chi connectivity index (χ3v) is 5.98. The van der Waals surface area contributed by atoms with Gasteiger partial charge in [0, 0.05) is 29.5 Å². The Balaban J connectivity index is 1.94. The van der Waals surface area contributed by atoms with Gasteiger partial charge in [-0.25, -0.2) is 0 Å². The molecule has 3 rings (SSSR count). The van der Waals surface area contributed by atoms with E-state index in [1.54, 1.807) is 18.0 Å². The van der Waals surface area contributed by atoms with E-state index in [4.69, 9.17) is 11.6 Å². The lowest BCUT2D eigenvalue weighted by molar-refractivity contribution is -0.140. The zero-order valence-electron chi connectivity index (χ0n) is 17.2. The standard InChI is InChI=1S/C25H24BrClN2O2/c1-28-25(31)23(15-18-7-3-2-4-8-18)29(17-19-11-13-21(26)14-12-19)24(30)16-20-9-5-6-10-22(20)27/h2-14,23H,15-17H2,1H3,(H,28,31)/t23-/m0/s1. The molecule has 0 unspecified atom stereocenters. The van der Waals surface area contributed by atoms with Crippen molar-refractivity contribution in [3.8, 4) is 0 Å². The maximum absolute atomic E-state index is 13.5. The predicted molar refractivity (Wildman–Crippen MR) is 128 cm³/mol. The highest BCUT2D eigenvalue weighted by atomic mass is 79.9. The highest BCUT2D eigenvalue weighted by Gasteiger charge is 2.30. The molecule has 1 atom stereocenters. The van der Waals surface area contributed by atoms with Crippen LogP contribution in [0.3, 0.4) is 0 Å². The molecule has 1 N–H and O–H groups in total. The molecule has 0 aliphatic carbocycles. The Morgan fingerprint density at radius 2 is 1.58 bits per heavy atom. The van der Waals surface area contributed by atoms with Gasteiger partial charge in [0.15, 0.2) is 0 Å². The molecule has 0 saturated carbocycles. The van der Waals surface area contributed by atoms with Gasteiger partial charge < -0.3 is 10.2 Å². The highest BCUT2D eigenvalue weighted by molar-refractivity contribution is 9.10. The summed E-state index contributed by atoms with van der Waals surface area (Å²) in [4.78, 5) is 28.0. The molecule has 0 bridgehead atoms. The molecule has 2 amide bonds. The fourth-order valence-corrected chi connectivity index (χ4v) is 3.88. The van der Waals surface area contributed by atoms with Gasteiger partial charge in [0.1, 0.15) is 6.04 Å². The van der Waals surface area contributed by atoms with Crippen LogP contribution in [0, 0.1) is 0 Å². The largest absolute Gasteiger partial charge is 0.357 e. The van der Waals surface area contributed by atoms with E-state index in [1.165, 1.54) is 0 Å².